The van der Waals surface area contributed by atoms with Crippen LogP contribution in [0.1, 0.15) is 35.9 Å². The summed E-state index contributed by atoms with van der Waals surface area (Å²) in [5, 5.41) is 5.23. The number of nitrogens with one attached hydrogen (secondary N) is 1. The van der Waals surface area contributed by atoms with Crippen LogP contribution in [0.5, 0.6) is 0 Å². The van der Waals surface area contributed by atoms with Crippen molar-refractivity contribution < 1.29 is 9.59 Å². The molecule has 1 heterocycles. The quantitative estimate of drug-likeness (QED) is 0.874. The van der Waals surface area contributed by atoms with Crippen molar-refractivity contribution in [2.75, 3.05) is 19.3 Å². The lowest BCUT2D eigenvalue weighted by atomic mass is 10.2. The topological polar surface area (TPSA) is 49.4 Å². The van der Waals surface area contributed by atoms with Crippen LogP contribution in [-0.2, 0) is 4.79 Å². The molecule has 2 rings (SSSR count). The van der Waals surface area contributed by atoms with Crippen LogP contribution in [0.3, 0.4) is 0 Å². The predicted octanol–water partition coefficient (Wildman–Crippen LogP) is 2.61. The molecule has 4 nitrogen and oxygen atoms in total. The first kappa shape index (κ1) is 16.4. The number of amides is 2. The van der Waals surface area contributed by atoms with Crippen molar-refractivity contribution in [3.63, 3.8) is 0 Å². The Kier molecular flexibility index (Phi) is 6.11. The van der Waals surface area contributed by atoms with Gasteiger partial charge in [0.2, 0.25) is 5.91 Å². The minimum atomic E-state index is -0.169. The van der Waals surface area contributed by atoms with Crippen molar-refractivity contribution in [1.29, 1.82) is 0 Å². The van der Waals surface area contributed by atoms with Crippen LogP contribution in [0.2, 0.25) is 0 Å². The van der Waals surface area contributed by atoms with Gasteiger partial charge in [-0.25, -0.2) is 0 Å². The number of nitrogens with zero attached hydrogens (tertiary/aromatic N) is 1. The van der Waals surface area contributed by atoms with Crippen LogP contribution in [0.4, 0.5) is 0 Å². The number of hydrogen-bond donors (Lipinski definition) is 1. The van der Waals surface area contributed by atoms with E-state index in [0.29, 0.717) is 16.2 Å². The third-order valence-corrected chi connectivity index (χ3v) is 5.95. The molecule has 2 atom stereocenters. The summed E-state index contributed by atoms with van der Waals surface area (Å²) < 4.78 is 0. The summed E-state index contributed by atoms with van der Waals surface area (Å²) >= 11 is 3.36. The average molecular weight is 326 g/mol. The lowest BCUT2D eigenvalue weighted by Crippen LogP contribution is -2.42. The predicted molar refractivity (Wildman–Crippen MR) is 89.0 cm³/mol. The summed E-state index contributed by atoms with van der Waals surface area (Å²) in [6.07, 6.45) is 3.32. The molecule has 1 aliphatic carbocycles. The van der Waals surface area contributed by atoms with E-state index in [2.05, 4.69) is 12.2 Å². The minimum absolute atomic E-state index is 0.00736. The Hall–Kier alpha value is -1.01. The van der Waals surface area contributed by atoms with Gasteiger partial charge in [-0.05, 0) is 36.5 Å². The number of rotatable bonds is 6. The fraction of sp³-hybridized carbons (Fsp3) is 0.600. The van der Waals surface area contributed by atoms with E-state index in [-0.39, 0.29) is 18.4 Å². The van der Waals surface area contributed by atoms with Crippen molar-refractivity contribution in [1.82, 2.24) is 10.2 Å². The van der Waals surface area contributed by atoms with Crippen LogP contribution >= 0.6 is 23.1 Å². The molecule has 0 radical (unpaired) electrons. The van der Waals surface area contributed by atoms with Gasteiger partial charge in [0.25, 0.3) is 5.91 Å². The van der Waals surface area contributed by atoms with E-state index in [0.717, 1.165) is 18.6 Å². The van der Waals surface area contributed by atoms with Gasteiger partial charge in [0, 0.05) is 18.3 Å². The molecule has 21 heavy (non-hydrogen) atoms. The van der Waals surface area contributed by atoms with E-state index in [4.69, 9.17) is 0 Å². The molecule has 2 amide bonds. The highest BCUT2D eigenvalue weighted by atomic mass is 32.2. The van der Waals surface area contributed by atoms with Crippen molar-refractivity contribution in [3.8, 4) is 0 Å². The average Bonchev–Trinajstić information content (AvgIpc) is 3.15. The Morgan fingerprint density at radius 1 is 1.48 bits per heavy atom. The van der Waals surface area contributed by atoms with Gasteiger partial charge >= 0.3 is 0 Å². The second kappa shape index (κ2) is 7.84. The summed E-state index contributed by atoms with van der Waals surface area (Å²) in [6.45, 7) is 2.25. The third-order valence-electron chi connectivity index (χ3n) is 3.85. The van der Waals surface area contributed by atoms with E-state index in [1.165, 1.54) is 17.8 Å². The summed E-state index contributed by atoms with van der Waals surface area (Å²) in [6, 6.07) is 3.91. The lowest BCUT2D eigenvalue weighted by Gasteiger charge is -2.24. The molecule has 1 saturated carbocycles. The summed E-state index contributed by atoms with van der Waals surface area (Å²) in [5.41, 5.74) is 0. The zero-order valence-electron chi connectivity index (χ0n) is 12.5. The smallest absolute Gasteiger partial charge is 0.261 e. The maximum atomic E-state index is 12.2. The zero-order chi connectivity index (χ0) is 15.2. The monoisotopic (exact) mass is 326 g/mol. The van der Waals surface area contributed by atoms with Gasteiger partial charge in [-0.3, -0.25) is 9.59 Å². The number of likely N-dealkylation sites (N-methyl/N-ethyl adjacent to an activating group) is 1. The standard InChI is InChI=1S/C15H22N2O2S2/c1-3-20-12-7-6-11(9-12)17(2)14(18)10-16-15(19)13-5-4-8-21-13/h4-5,8,11-12H,3,6-7,9-10H2,1-2H3,(H,16,19)/t11-,12+/m1/s1. The molecule has 0 saturated heterocycles. The first-order valence-corrected chi connectivity index (χ1v) is 9.23. The maximum absolute atomic E-state index is 12.2. The van der Waals surface area contributed by atoms with Gasteiger partial charge < -0.3 is 10.2 Å². The molecule has 0 bridgehead atoms. The second-order valence-electron chi connectivity index (χ2n) is 5.21. The Morgan fingerprint density at radius 3 is 2.95 bits per heavy atom. The fourth-order valence-electron chi connectivity index (χ4n) is 2.64. The van der Waals surface area contributed by atoms with Crippen LogP contribution in [-0.4, -0.2) is 47.4 Å². The Balaban J connectivity index is 1.77. The third kappa shape index (κ3) is 4.48. The van der Waals surface area contributed by atoms with E-state index in [1.807, 2.05) is 35.2 Å². The molecule has 6 heteroatoms. The SMILES string of the molecule is CCS[C@H]1CC[C@@H](N(C)C(=O)CNC(=O)c2cccs2)C1. The summed E-state index contributed by atoms with van der Waals surface area (Å²) in [7, 11) is 1.85. The molecule has 0 spiro atoms. The second-order valence-corrected chi connectivity index (χ2v) is 7.73. The van der Waals surface area contributed by atoms with Crippen molar-refractivity contribution >= 4 is 34.9 Å². The first-order valence-electron chi connectivity index (χ1n) is 7.30. The Morgan fingerprint density at radius 2 is 2.29 bits per heavy atom. The molecule has 0 unspecified atom stereocenters. The molecule has 0 aliphatic heterocycles. The minimum Gasteiger partial charge on any atom is -0.342 e. The van der Waals surface area contributed by atoms with Gasteiger partial charge in [0.05, 0.1) is 11.4 Å². The van der Waals surface area contributed by atoms with Crippen LogP contribution in [0, 0.1) is 0 Å². The highest BCUT2D eigenvalue weighted by Gasteiger charge is 2.29. The summed E-state index contributed by atoms with van der Waals surface area (Å²) in [5.74, 6) is 0.955. The number of thioether (sulfide) groups is 1. The molecule has 0 aromatic carbocycles. The van der Waals surface area contributed by atoms with E-state index < -0.39 is 0 Å². The number of carbonyl (C=O) groups is 2. The molecule has 1 N–H and O–H groups in total. The maximum Gasteiger partial charge on any atom is 0.261 e. The first-order chi connectivity index (χ1) is 10.1. The van der Waals surface area contributed by atoms with Gasteiger partial charge in [-0.2, -0.15) is 11.8 Å². The van der Waals surface area contributed by atoms with Gasteiger partial charge in [0.15, 0.2) is 0 Å². The fourth-order valence-corrected chi connectivity index (χ4v) is 4.41. The molecule has 1 aromatic rings. The molecule has 1 aliphatic rings. The largest absolute Gasteiger partial charge is 0.342 e. The molecular formula is C15H22N2O2S2. The van der Waals surface area contributed by atoms with Gasteiger partial charge in [-0.1, -0.05) is 13.0 Å². The van der Waals surface area contributed by atoms with Crippen LogP contribution < -0.4 is 5.32 Å². The number of hydrogen-bond acceptors (Lipinski definition) is 4. The van der Waals surface area contributed by atoms with Gasteiger partial charge in [-0.15, -0.1) is 11.3 Å². The van der Waals surface area contributed by atoms with Crippen LogP contribution in [0.25, 0.3) is 0 Å². The van der Waals surface area contributed by atoms with E-state index in [9.17, 15) is 9.59 Å². The van der Waals surface area contributed by atoms with Crippen molar-refractivity contribution in [3.05, 3.63) is 22.4 Å². The van der Waals surface area contributed by atoms with Crippen LogP contribution in [0.15, 0.2) is 17.5 Å². The molecule has 1 fully saturated rings. The molecule has 1 aromatic heterocycles. The molecule has 116 valence electrons. The zero-order valence-corrected chi connectivity index (χ0v) is 14.1. The highest BCUT2D eigenvalue weighted by molar-refractivity contribution is 7.99. The summed E-state index contributed by atoms with van der Waals surface area (Å²) in [4.78, 5) is 26.4. The van der Waals surface area contributed by atoms with E-state index >= 15 is 0 Å². The van der Waals surface area contributed by atoms with Gasteiger partial charge in [0.1, 0.15) is 0 Å². The number of thiophene rings is 1. The van der Waals surface area contributed by atoms with E-state index in [1.54, 1.807) is 6.07 Å². The van der Waals surface area contributed by atoms with Crippen molar-refractivity contribution in [2.24, 2.45) is 0 Å². The molecular weight excluding hydrogens is 304 g/mol. The highest BCUT2D eigenvalue weighted by Crippen LogP contribution is 2.32. The Bertz CT molecular complexity index is 476. The normalized spacial score (nSPS) is 21.2. The number of carbonyl (C=O) groups excluding carboxylic acids is 2. The Labute approximate surface area is 134 Å². The van der Waals surface area contributed by atoms with Crippen molar-refractivity contribution in [2.45, 2.75) is 37.5 Å². The lowest BCUT2D eigenvalue weighted by molar-refractivity contribution is -0.130.